The first-order chi connectivity index (χ1) is 7.46. The molecule has 1 saturated carbocycles. The van der Waals surface area contributed by atoms with Gasteiger partial charge in [-0.25, -0.2) is 0 Å². The molecule has 2 N–H and O–H groups in total. The molecule has 0 aromatic heterocycles. The van der Waals surface area contributed by atoms with E-state index in [0.29, 0.717) is 5.92 Å². The van der Waals surface area contributed by atoms with E-state index in [1.54, 1.807) is 12.1 Å². The van der Waals surface area contributed by atoms with Gasteiger partial charge in [0.05, 0.1) is 0 Å². The van der Waals surface area contributed by atoms with E-state index in [9.17, 15) is 13.2 Å². The van der Waals surface area contributed by atoms with Gasteiger partial charge in [0.15, 0.2) is 0 Å². The Balaban J connectivity index is 2.04. The molecule has 0 radical (unpaired) electrons. The fraction of sp³-hybridized carbons (Fsp3) is 0.455. The van der Waals surface area contributed by atoms with Crippen molar-refractivity contribution in [2.75, 3.05) is 0 Å². The molecule has 0 heterocycles. The van der Waals surface area contributed by atoms with Crippen LogP contribution >= 0.6 is 0 Å². The van der Waals surface area contributed by atoms with E-state index in [0.717, 1.165) is 18.4 Å². The maximum absolute atomic E-state index is 11.9. The number of nitrogens with two attached hydrogens (primary N) is 1. The highest BCUT2D eigenvalue weighted by atomic mass is 19.4. The summed E-state index contributed by atoms with van der Waals surface area (Å²) in [6.45, 7) is 0. The average Bonchev–Trinajstić information content (AvgIpc) is 2.98. The monoisotopic (exact) mass is 231 g/mol. The zero-order valence-electron chi connectivity index (χ0n) is 8.50. The van der Waals surface area contributed by atoms with Crippen LogP contribution in [0.3, 0.4) is 0 Å². The molecule has 88 valence electrons. The first-order valence-corrected chi connectivity index (χ1v) is 5.07. The largest absolute Gasteiger partial charge is 0.573 e. The van der Waals surface area contributed by atoms with Gasteiger partial charge in [-0.15, -0.1) is 13.2 Å². The van der Waals surface area contributed by atoms with E-state index < -0.39 is 6.36 Å². The van der Waals surface area contributed by atoms with Crippen LogP contribution in [0.25, 0.3) is 0 Å². The van der Waals surface area contributed by atoms with Gasteiger partial charge in [-0.05, 0) is 36.5 Å². The Morgan fingerprint density at radius 3 is 2.19 bits per heavy atom. The van der Waals surface area contributed by atoms with Gasteiger partial charge in [0.1, 0.15) is 5.75 Å². The molecular weight excluding hydrogens is 219 g/mol. The summed E-state index contributed by atoms with van der Waals surface area (Å²) >= 11 is 0. The minimum Gasteiger partial charge on any atom is -0.406 e. The maximum atomic E-state index is 11.9. The van der Waals surface area contributed by atoms with Crippen LogP contribution in [0, 0.1) is 5.92 Å². The van der Waals surface area contributed by atoms with Crippen molar-refractivity contribution in [1.82, 2.24) is 0 Å². The van der Waals surface area contributed by atoms with Gasteiger partial charge in [-0.2, -0.15) is 0 Å². The molecule has 2 nitrogen and oxygen atoms in total. The van der Waals surface area contributed by atoms with Crippen LogP contribution < -0.4 is 10.5 Å². The fourth-order valence-corrected chi connectivity index (χ4v) is 1.62. The van der Waals surface area contributed by atoms with Gasteiger partial charge in [-0.3, -0.25) is 0 Å². The van der Waals surface area contributed by atoms with Gasteiger partial charge >= 0.3 is 6.36 Å². The van der Waals surface area contributed by atoms with Crippen molar-refractivity contribution in [2.45, 2.75) is 25.2 Å². The number of ether oxygens (including phenoxy) is 1. The summed E-state index contributed by atoms with van der Waals surface area (Å²) in [5.41, 5.74) is 6.77. The molecule has 0 aliphatic heterocycles. The second kappa shape index (κ2) is 3.97. The van der Waals surface area contributed by atoms with E-state index in [1.165, 1.54) is 12.1 Å². The molecule has 0 saturated heterocycles. The molecule has 1 atom stereocenters. The lowest BCUT2D eigenvalue weighted by atomic mass is 10.0. The molecule has 0 amide bonds. The summed E-state index contributed by atoms with van der Waals surface area (Å²) in [7, 11) is 0. The number of alkyl halides is 3. The van der Waals surface area contributed by atoms with Crippen LogP contribution in [0.1, 0.15) is 24.4 Å². The molecular formula is C11H12F3NO. The van der Waals surface area contributed by atoms with E-state index >= 15 is 0 Å². The van der Waals surface area contributed by atoms with E-state index in [-0.39, 0.29) is 11.8 Å². The van der Waals surface area contributed by atoms with Crippen LogP contribution in [0.5, 0.6) is 5.75 Å². The molecule has 1 aliphatic rings. The van der Waals surface area contributed by atoms with Crippen LogP contribution in [0.2, 0.25) is 0 Å². The second-order valence-corrected chi connectivity index (χ2v) is 3.98. The van der Waals surface area contributed by atoms with Crippen LogP contribution in [0.15, 0.2) is 24.3 Å². The molecule has 1 fully saturated rings. The van der Waals surface area contributed by atoms with Crippen LogP contribution in [-0.4, -0.2) is 6.36 Å². The van der Waals surface area contributed by atoms with Gasteiger partial charge in [-0.1, -0.05) is 12.1 Å². The first kappa shape index (κ1) is 11.3. The van der Waals surface area contributed by atoms with Crippen molar-refractivity contribution in [3.63, 3.8) is 0 Å². The molecule has 1 aromatic carbocycles. The average molecular weight is 231 g/mol. The van der Waals surface area contributed by atoms with Crippen molar-refractivity contribution in [3.05, 3.63) is 29.8 Å². The van der Waals surface area contributed by atoms with Crippen LogP contribution in [-0.2, 0) is 0 Å². The first-order valence-electron chi connectivity index (χ1n) is 5.07. The smallest absolute Gasteiger partial charge is 0.406 e. The normalized spacial score (nSPS) is 18.2. The Hall–Kier alpha value is -1.23. The molecule has 1 aliphatic carbocycles. The topological polar surface area (TPSA) is 35.2 Å². The molecule has 1 unspecified atom stereocenters. The summed E-state index contributed by atoms with van der Waals surface area (Å²) in [6, 6.07) is 5.70. The van der Waals surface area contributed by atoms with Crippen molar-refractivity contribution < 1.29 is 17.9 Å². The summed E-state index contributed by atoms with van der Waals surface area (Å²) in [5, 5.41) is 0. The summed E-state index contributed by atoms with van der Waals surface area (Å²) in [4.78, 5) is 0. The Kier molecular flexibility index (Phi) is 2.80. The summed E-state index contributed by atoms with van der Waals surface area (Å²) < 4.78 is 39.4. The molecule has 0 bridgehead atoms. The van der Waals surface area contributed by atoms with Gasteiger partial charge in [0.25, 0.3) is 0 Å². The van der Waals surface area contributed by atoms with Gasteiger partial charge in [0.2, 0.25) is 0 Å². The van der Waals surface area contributed by atoms with Crippen molar-refractivity contribution >= 4 is 0 Å². The summed E-state index contributed by atoms with van der Waals surface area (Å²) in [6.07, 6.45) is -2.44. The Labute approximate surface area is 91.2 Å². The molecule has 16 heavy (non-hydrogen) atoms. The lowest BCUT2D eigenvalue weighted by molar-refractivity contribution is -0.274. The lowest BCUT2D eigenvalue weighted by Gasteiger charge is -2.12. The third kappa shape index (κ3) is 2.88. The molecule has 2 rings (SSSR count). The maximum Gasteiger partial charge on any atom is 0.573 e. The Morgan fingerprint density at radius 2 is 1.75 bits per heavy atom. The van der Waals surface area contributed by atoms with E-state index in [2.05, 4.69) is 4.74 Å². The van der Waals surface area contributed by atoms with Gasteiger partial charge in [0, 0.05) is 6.04 Å². The highest BCUT2D eigenvalue weighted by molar-refractivity contribution is 5.30. The van der Waals surface area contributed by atoms with Crippen molar-refractivity contribution in [2.24, 2.45) is 11.7 Å². The van der Waals surface area contributed by atoms with Crippen LogP contribution in [0.4, 0.5) is 13.2 Å². The Bertz CT molecular complexity index is 356. The number of rotatable bonds is 3. The number of benzene rings is 1. The predicted octanol–water partition coefficient (Wildman–Crippen LogP) is 3.00. The number of hydrogen-bond donors (Lipinski definition) is 1. The number of hydrogen-bond acceptors (Lipinski definition) is 2. The standard InChI is InChI=1S/C11H12F3NO/c12-11(13,14)16-9-5-3-8(4-6-9)10(15)7-1-2-7/h3-7,10H,1-2,15H2. The highest BCUT2D eigenvalue weighted by Crippen LogP contribution is 2.39. The molecule has 0 spiro atoms. The van der Waals surface area contributed by atoms with Gasteiger partial charge < -0.3 is 10.5 Å². The Morgan fingerprint density at radius 1 is 1.19 bits per heavy atom. The zero-order valence-corrected chi connectivity index (χ0v) is 8.50. The zero-order chi connectivity index (χ0) is 11.8. The predicted molar refractivity (Wildman–Crippen MR) is 52.8 cm³/mol. The SMILES string of the molecule is NC(c1ccc(OC(F)(F)F)cc1)C1CC1. The van der Waals surface area contributed by atoms with Crippen molar-refractivity contribution in [1.29, 1.82) is 0 Å². The number of halogens is 3. The quantitative estimate of drug-likeness (QED) is 0.867. The second-order valence-electron chi connectivity index (χ2n) is 3.98. The van der Waals surface area contributed by atoms with E-state index in [4.69, 9.17) is 5.73 Å². The van der Waals surface area contributed by atoms with Crippen molar-refractivity contribution in [3.8, 4) is 5.75 Å². The molecule has 5 heteroatoms. The fourth-order valence-electron chi connectivity index (χ4n) is 1.62. The highest BCUT2D eigenvalue weighted by Gasteiger charge is 2.32. The van der Waals surface area contributed by atoms with E-state index in [1.807, 2.05) is 0 Å². The minimum absolute atomic E-state index is 0.0695. The third-order valence-electron chi connectivity index (χ3n) is 2.63. The molecule has 1 aromatic rings. The summed E-state index contributed by atoms with van der Waals surface area (Å²) in [5.74, 6) is 0.272. The lowest BCUT2D eigenvalue weighted by Crippen LogP contribution is -2.17. The third-order valence-corrected chi connectivity index (χ3v) is 2.63. The minimum atomic E-state index is -4.64.